The first-order chi connectivity index (χ1) is 19.1. The summed E-state index contributed by atoms with van der Waals surface area (Å²) in [6, 6.07) is 10.8. The van der Waals surface area contributed by atoms with Crippen LogP contribution in [0.2, 0.25) is 0 Å². The second kappa shape index (κ2) is 17.1. The molecule has 0 atom stereocenters. The van der Waals surface area contributed by atoms with Gasteiger partial charge < -0.3 is 19.6 Å². The SMILES string of the molecule is C=C(/C=C(/N(N)C1CCN(C)CC1)n1ncc(Br)c1C)c1ccccc1O.C=O.C=O.Cc1cc(F)cc(F)c1. The van der Waals surface area contributed by atoms with Crippen LogP contribution in [0.5, 0.6) is 5.75 Å². The normalized spacial score (nSPS) is 13.5. The van der Waals surface area contributed by atoms with E-state index in [0.717, 1.165) is 48.0 Å². The predicted molar refractivity (Wildman–Crippen MR) is 158 cm³/mol. The van der Waals surface area contributed by atoms with Crippen molar-refractivity contribution < 1.29 is 23.5 Å². The van der Waals surface area contributed by atoms with E-state index < -0.39 is 11.6 Å². The fourth-order valence-electron chi connectivity index (χ4n) is 4.00. The van der Waals surface area contributed by atoms with Gasteiger partial charge in [-0.3, -0.25) is 5.01 Å². The number of phenolic OH excluding ortho intramolecular Hbond substituents is 1. The van der Waals surface area contributed by atoms with Gasteiger partial charge in [-0.05, 0) is 98.2 Å². The maximum Gasteiger partial charge on any atom is 0.145 e. The number of para-hydroxylation sites is 1. The van der Waals surface area contributed by atoms with Crippen LogP contribution in [0.25, 0.3) is 11.4 Å². The molecule has 2 heterocycles. The number of phenols is 1. The maximum absolute atomic E-state index is 12.2. The zero-order valence-corrected chi connectivity index (χ0v) is 24.6. The van der Waals surface area contributed by atoms with Gasteiger partial charge in [0.25, 0.3) is 0 Å². The summed E-state index contributed by atoms with van der Waals surface area (Å²) in [6.45, 7) is 13.8. The number of nitrogens with zero attached hydrogens (tertiary/aromatic N) is 4. The molecule has 0 radical (unpaired) electrons. The minimum atomic E-state index is -0.521. The monoisotopic (exact) mass is 619 g/mol. The summed E-state index contributed by atoms with van der Waals surface area (Å²) < 4.78 is 27.1. The van der Waals surface area contributed by atoms with Gasteiger partial charge in [-0.15, -0.1) is 0 Å². The van der Waals surface area contributed by atoms with Gasteiger partial charge in [0.05, 0.1) is 16.4 Å². The summed E-state index contributed by atoms with van der Waals surface area (Å²) in [5, 5.41) is 16.4. The molecule has 0 saturated carbocycles. The fourth-order valence-corrected chi connectivity index (χ4v) is 4.26. The number of hydrogen-bond acceptors (Lipinski definition) is 7. The van der Waals surface area contributed by atoms with E-state index in [-0.39, 0.29) is 11.8 Å². The second-order valence-electron chi connectivity index (χ2n) is 8.92. The molecular weight excluding hydrogens is 584 g/mol. The molecular formula is C29H36BrF2N5O3. The van der Waals surface area contributed by atoms with Crippen LogP contribution in [0.3, 0.4) is 0 Å². The molecule has 11 heteroatoms. The van der Waals surface area contributed by atoms with Crippen LogP contribution in [0.15, 0.2) is 65.8 Å². The van der Waals surface area contributed by atoms with Gasteiger partial charge >= 0.3 is 0 Å². The zero-order valence-electron chi connectivity index (χ0n) is 23.0. The van der Waals surface area contributed by atoms with E-state index in [0.29, 0.717) is 16.7 Å². The summed E-state index contributed by atoms with van der Waals surface area (Å²) >= 11 is 3.52. The van der Waals surface area contributed by atoms with Crippen LogP contribution >= 0.6 is 15.9 Å². The number of nitrogens with two attached hydrogens (primary N) is 1. The molecule has 3 N–H and O–H groups in total. The summed E-state index contributed by atoms with van der Waals surface area (Å²) in [5.74, 6) is 6.47. The Bertz CT molecular complexity index is 1220. The van der Waals surface area contributed by atoms with Crippen molar-refractivity contribution in [3.05, 3.63) is 94.2 Å². The lowest BCUT2D eigenvalue weighted by Gasteiger charge is -2.37. The molecule has 1 fully saturated rings. The highest BCUT2D eigenvalue weighted by molar-refractivity contribution is 9.10. The number of hydrazine groups is 1. The van der Waals surface area contributed by atoms with Crippen molar-refractivity contribution in [1.82, 2.24) is 19.7 Å². The number of carbonyl (C=O) groups is 2. The lowest BCUT2D eigenvalue weighted by atomic mass is 10.0. The highest BCUT2D eigenvalue weighted by Crippen LogP contribution is 2.29. The van der Waals surface area contributed by atoms with E-state index in [4.69, 9.17) is 15.4 Å². The van der Waals surface area contributed by atoms with E-state index in [2.05, 4.69) is 39.6 Å². The average molecular weight is 621 g/mol. The number of benzene rings is 2. The summed E-state index contributed by atoms with van der Waals surface area (Å²) in [5.41, 5.74) is 2.91. The number of rotatable bonds is 5. The first-order valence-electron chi connectivity index (χ1n) is 12.2. The molecule has 1 saturated heterocycles. The molecule has 0 aliphatic carbocycles. The first-order valence-corrected chi connectivity index (χ1v) is 13.0. The Morgan fingerprint density at radius 3 is 2.12 bits per heavy atom. The highest BCUT2D eigenvalue weighted by Gasteiger charge is 2.25. The molecule has 0 spiro atoms. The van der Waals surface area contributed by atoms with Crippen LogP contribution < -0.4 is 5.84 Å². The minimum Gasteiger partial charge on any atom is -0.507 e. The largest absolute Gasteiger partial charge is 0.507 e. The summed E-state index contributed by atoms with van der Waals surface area (Å²) in [4.78, 5) is 18.3. The smallest absolute Gasteiger partial charge is 0.145 e. The van der Waals surface area contributed by atoms with Crippen molar-refractivity contribution >= 4 is 40.9 Å². The fraction of sp³-hybridized carbons (Fsp3) is 0.276. The molecule has 1 aliphatic rings. The zero-order chi connectivity index (χ0) is 30.4. The average Bonchev–Trinajstić information content (AvgIpc) is 3.27. The van der Waals surface area contributed by atoms with Crippen molar-refractivity contribution in [1.29, 1.82) is 0 Å². The Hall–Kier alpha value is -3.67. The number of likely N-dealkylation sites (tertiary alicyclic amines) is 1. The highest BCUT2D eigenvalue weighted by atomic mass is 79.9. The Labute approximate surface area is 242 Å². The quantitative estimate of drug-likeness (QED) is 0.225. The van der Waals surface area contributed by atoms with Crippen molar-refractivity contribution in [2.24, 2.45) is 5.84 Å². The van der Waals surface area contributed by atoms with E-state index in [1.807, 2.05) is 43.4 Å². The van der Waals surface area contributed by atoms with E-state index in [1.54, 1.807) is 30.3 Å². The van der Waals surface area contributed by atoms with Crippen molar-refractivity contribution in [2.75, 3.05) is 20.1 Å². The van der Waals surface area contributed by atoms with E-state index in [9.17, 15) is 13.9 Å². The number of halogens is 3. The van der Waals surface area contributed by atoms with Crippen LogP contribution in [0, 0.1) is 25.5 Å². The predicted octanol–water partition coefficient (Wildman–Crippen LogP) is 5.34. The molecule has 0 unspecified atom stereocenters. The standard InChI is InChI=1S/C20H26BrN5O.C7H6F2.2CH2O/c1-14(17-6-4-5-7-19(17)27)12-20(26-15(2)18(21)13-23-26)25(22)16-8-10-24(3)11-9-16;1-5-2-6(8)4-7(9)3-5;2*1-2/h4-7,12-13,16,27H,1,8-11,22H2,2-3H3;2-4H,1H3;2*1H2/b20-12-;;;. The molecule has 216 valence electrons. The van der Waals surface area contributed by atoms with E-state index >= 15 is 0 Å². The first kappa shape index (κ1) is 34.4. The number of allylic oxidation sites excluding steroid dienone is 2. The molecule has 0 bridgehead atoms. The number of carbonyl (C=O) groups excluding carboxylic acids is 2. The summed E-state index contributed by atoms with van der Waals surface area (Å²) in [7, 11) is 2.13. The third-order valence-corrected chi connectivity index (χ3v) is 6.85. The Kier molecular flexibility index (Phi) is 14.7. The number of hydrogen-bond donors (Lipinski definition) is 2. The van der Waals surface area contributed by atoms with Gasteiger partial charge in [0.1, 0.15) is 36.8 Å². The van der Waals surface area contributed by atoms with E-state index in [1.165, 1.54) is 12.1 Å². The molecule has 4 rings (SSSR count). The van der Waals surface area contributed by atoms with Gasteiger partial charge in [0.15, 0.2) is 0 Å². The van der Waals surface area contributed by atoms with Crippen molar-refractivity contribution in [3.63, 3.8) is 0 Å². The van der Waals surface area contributed by atoms with Crippen molar-refractivity contribution in [3.8, 4) is 5.75 Å². The molecule has 1 aromatic heterocycles. The molecule has 2 aromatic carbocycles. The molecule has 8 nitrogen and oxygen atoms in total. The summed E-state index contributed by atoms with van der Waals surface area (Å²) in [6.07, 6.45) is 5.61. The second-order valence-corrected chi connectivity index (χ2v) is 9.78. The number of piperidine rings is 1. The van der Waals surface area contributed by atoms with Crippen molar-refractivity contribution in [2.45, 2.75) is 32.7 Å². The third kappa shape index (κ3) is 9.82. The van der Waals surface area contributed by atoms with Gasteiger partial charge in [-0.2, -0.15) is 5.10 Å². The maximum atomic E-state index is 12.2. The third-order valence-electron chi connectivity index (χ3n) is 6.07. The Morgan fingerprint density at radius 1 is 1.10 bits per heavy atom. The number of aryl methyl sites for hydroxylation is 1. The topological polar surface area (TPSA) is 105 Å². The number of aromatic nitrogens is 2. The Balaban J connectivity index is 0.000000515. The Morgan fingerprint density at radius 2 is 1.65 bits per heavy atom. The lowest BCUT2D eigenvalue weighted by Crippen LogP contribution is -2.47. The number of aromatic hydroxyl groups is 1. The minimum absolute atomic E-state index is 0.194. The molecule has 1 aliphatic heterocycles. The van der Waals surface area contributed by atoms with Gasteiger partial charge in [-0.25, -0.2) is 19.3 Å². The van der Waals surface area contributed by atoms with Crippen LogP contribution in [0.4, 0.5) is 8.78 Å². The van der Waals surface area contributed by atoms with Gasteiger partial charge in [0, 0.05) is 17.7 Å². The molecule has 0 amide bonds. The lowest BCUT2D eigenvalue weighted by molar-refractivity contribution is -0.0987. The van der Waals surface area contributed by atoms with Gasteiger partial charge in [0.2, 0.25) is 0 Å². The van der Waals surface area contributed by atoms with Crippen LogP contribution in [0.1, 0.15) is 29.7 Å². The molecule has 40 heavy (non-hydrogen) atoms. The van der Waals surface area contributed by atoms with Crippen LogP contribution in [-0.4, -0.2) is 64.6 Å². The molecule has 3 aromatic rings. The van der Waals surface area contributed by atoms with Gasteiger partial charge in [-0.1, -0.05) is 24.8 Å². The van der Waals surface area contributed by atoms with Crippen LogP contribution in [-0.2, 0) is 9.59 Å².